The van der Waals surface area contributed by atoms with Crippen molar-refractivity contribution >= 4 is 19.8 Å². The van der Waals surface area contributed by atoms with Gasteiger partial charge in [0.25, 0.3) is 0 Å². The van der Waals surface area contributed by atoms with Gasteiger partial charge in [0.15, 0.2) is 6.10 Å². The predicted molar refractivity (Wildman–Crippen MR) is 418 cm³/mol. The van der Waals surface area contributed by atoms with E-state index in [2.05, 4.69) is 123 Å². The minimum absolute atomic E-state index is 0.0313. The number of likely N-dealkylation sites (N-methyl/N-ethyl adjacent to an activating group) is 1. The zero-order valence-corrected chi connectivity index (χ0v) is 64.5. The van der Waals surface area contributed by atoms with Crippen LogP contribution < -0.4 is 0 Å². The van der Waals surface area contributed by atoms with Crippen molar-refractivity contribution in [1.29, 1.82) is 0 Å². The first kappa shape index (κ1) is 92.7. The number of hydrogen-bond donors (Lipinski definition) is 1. The number of phosphoric ester groups is 1. The molecule has 0 aliphatic rings. The number of hydrogen-bond acceptors (Lipinski definition) is 7. The molecule has 0 aliphatic heterocycles. The summed E-state index contributed by atoms with van der Waals surface area (Å²) < 4.78 is 34.8. The Hall–Kier alpha value is -3.33. The molecule has 556 valence electrons. The van der Waals surface area contributed by atoms with Crippen molar-refractivity contribution in [2.24, 2.45) is 0 Å². The fourth-order valence-corrected chi connectivity index (χ4v) is 12.4. The second-order valence-electron chi connectivity index (χ2n) is 28.4. The van der Waals surface area contributed by atoms with Crippen molar-refractivity contribution in [2.75, 3.05) is 47.5 Å². The van der Waals surface area contributed by atoms with Gasteiger partial charge in [-0.1, -0.05) is 374 Å². The van der Waals surface area contributed by atoms with Crippen LogP contribution in [0.5, 0.6) is 0 Å². The molecule has 0 spiro atoms. The van der Waals surface area contributed by atoms with E-state index in [0.717, 1.165) is 89.9 Å². The molecule has 0 saturated heterocycles. The van der Waals surface area contributed by atoms with E-state index in [4.69, 9.17) is 18.5 Å². The second-order valence-corrected chi connectivity index (χ2v) is 29.8. The average molecular weight is 1360 g/mol. The molecular formula is C86H155NO8P+. The van der Waals surface area contributed by atoms with Crippen LogP contribution in [0, 0.1) is 0 Å². The molecule has 0 aromatic carbocycles. The van der Waals surface area contributed by atoms with Gasteiger partial charge in [-0.25, -0.2) is 4.57 Å². The van der Waals surface area contributed by atoms with Crippen molar-refractivity contribution in [2.45, 2.75) is 380 Å². The van der Waals surface area contributed by atoms with Crippen molar-refractivity contribution < 1.29 is 42.1 Å². The zero-order valence-electron chi connectivity index (χ0n) is 63.6. The molecule has 0 aromatic heterocycles. The van der Waals surface area contributed by atoms with E-state index in [1.165, 1.54) is 250 Å². The fraction of sp³-hybridized carbons (Fsp3) is 0.767. The van der Waals surface area contributed by atoms with E-state index in [9.17, 15) is 19.0 Å². The Morgan fingerprint density at radius 3 is 0.833 bits per heavy atom. The molecule has 0 bridgehead atoms. The fourth-order valence-electron chi connectivity index (χ4n) is 11.7. The molecular weight excluding hydrogens is 1210 g/mol. The Morgan fingerprint density at radius 2 is 0.562 bits per heavy atom. The quantitative estimate of drug-likeness (QED) is 0.0211. The maximum absolute atomic E-state index is 12.9. The van der Waals surface area contributed by atoms with Crippen LogP contribution in [0.25, 0.3) is 0 Å². The van der Waals surface area contributed by atoms with Gasteiger partial charge in [0.05, 0.1) is 27.7 Å². The largest absolute Gasteiger partial charge is 0.472 e. The van der Waals surface area contributed by atoms with Crippen LogP contribution in [-0.4, -0.2) is 74.9 Å². The first-order valence-electron chi connectivity index (χ1n) is 40.6. The Kier molecular flexibility index (Phi) is 73.2. The smallest absolute Gasteiger partial charge is 0.462 e. The third-order valence-corrected chi connectivity index (χ3v) is 18.8. The van der Waals surface area contributed by atoms with Crippen LogP contribution in [0.4, 0.5) is 0 Å². The van der Waals surface area contributed by atoms with Gasteiger partial charge in [-0.05, 0) is 96.3 Å². The lowest BCUT2D eigenvalue weighted by Crippen LogP contribution is -2.37. The molecule has 9 nitrogen and oxygen atoms in total. The van der Waals surface area contributed by atoms with E-state index >= 15 is 0 Å². The molecule has 0 radical (unpaired) electrons. The van der Waals surface area contributed by atoms with Crippen LogP contribution in [0.2, 0.25) is 0 Å². The number of phosphoric acid groups is 1. The predicted octanol–water partition coefficient (Wildman–Crippen LogP) is 27.2. The first-order chi connectivity index (χ1) is 47.0. The molecule has 2 unspecified atom stereocenters. The van der Waals surface area contributed by atoms with E-state index in [-0.39, 0.29) is 25.6 Å². The number of unbranched alkanes of at least 4 members (excludes halogenated alkanes) is 43. The number of carbonyl (C=O) groups is 2. The molecule has 0 heterocycles. The Labute approximate surface area is 595 Å². The molecule has 2 atom stereocenters. The SMILES string of the molecule is CC/C=C\C/C=C\C/C=C\C/C=C\C/C=C\CCCCCCCCCCCCCCCCCCCC(=O)OC(COC(=O)CCCCCCCCCCCCCCCCCCCCCCCCCCCC/C=C\C/C=C\C/C=C\C/C=C\CC)COP(=O)(O)OCC[N+](C)(C)C. The minimum Gasteiger partial charge on any atom is -0.462 e. The highest BCUT2D eigenvalue weighted by molar-refractivity contribution is 7.47. The minimum atomic E-state index is -4.40. The van der Waals surface area contributed by atoms with Gasteiger partial charge in [-0.3, -0.25) is 18.6 Å². The number of quaternary nitrogens is 1. The van der Waals surface area contributed by atoms with Gasteiger partial charge in [0.1, 0.15) is 19.8 Å². The highest BCUT2D eigenvalue weighted by atomic mass is 31.2. The summed E-state index contributed by atoms with van der Waals surface area (Å²) in [4.78, 5) is 36.0. The number of nitrogens with zero attached hydrogens (tertiary/aromatic N) is 1. The number of allylic oxidation sites excluding steroid dienone is 18. The molecule has 0 saturated carbocycles. The van der Waals surface area contributed by atoms with E-state index in [0.29, 0.717) is 23.9 Å². The average Bonchev–Trinajstić information content (AvgIpc) is 1.48. The van der Waals surface area contributed by atoms with E-state index < -0.39 is 26.5 Å². The van der Waals surface area contributed by atoms with Crippen molar-refractivity contribution in [3.8, 4) is 0 Å². The lowest BCUT2D eigenvalue weighted by Gasteiger charge is -2.24. The van der Waals surface area contributed by atoms with Crippen LogP contribution in [0.15, 0.2) is 109 Å². The topological polar surface area (TPSA) is 108 Å². The van der Waals surface area contributed by atoms with Crippen molar-refractivity contribution in [1.82, 2.24) is 0 Å². The maximum atomic E-state index is 12.9. The zero-order chi connectivity index (χ0) is 69.7. The summed E-state index contributed by atoms with van der Waals surface area (Å²) in [6.45, 7) is 4.26. The normalized spacial score (nSPS) is 13.6. The summed E-state index contributed by atoms with van der Waals surface area (Å²) in [7, 11) is 1.49. The van der Waals surface area contributed by atoms with E-state index in [1.807, 2.05) is 21.1 Å². The van der Waals surface area contributed by atoms with Gasteiger partial charge in [0, 0.05) is 12.8 Å². The van der Waals surface area contributed by atoms with E-state index in [1.54, 1.807) is 0 Å². The van der Waals surface area contributed by atoms with Crippen molar-refractivity contribution in [3.05, 3.63) is 109 Å². The Balaban J connectivity index is 3.91. The molecule has 1 N–H and O–H groups in total. The Bertz CT molecular complexity index is 1990. The summed E-state index contributed by atoms with van der Waals surface area (Å²) in [5.74, 6) is -0.780. The number of esters is 2. The maximum Gasteiger partial charge on any atom is 0.472 e. The summed E-state index contributed by atoms with van der Waals surface area (Å²) in [5, 5.41) is 0. The summed E-state index contributed by atoms with van der Waals surface area (Å²) >= 11 is 0. The van der Waals surface area contributed by atoms with Gasteiger partial charge < -0.3 is 18.9 Å². The van der Waals surface area contributed by atoms with Gasteiger partial charge in [-0.2, -0.15) is 0 Å². The van der Waals surface area contributed by atoms with Crippen LogP contribution in [0.1, 0.15) is 373 Å². The standard InChI is InChI=1S/C86H154NO8P/c1-6-8-10-12-14-16-18-20-22-24-26-28-30-32-34-36-38-40-41-42-43-44-45-47-48-50-52-54-56-58-60-62-64-66-68-70-72-74-76-78-85(88)92-82-84(83-94-96(90,91)93-81-80-87(3,4)5)95-86(89)79-77-75-73-71-69-67-65-63-61-59-57-55-53-51-49-46-39-37-35-33-31-29-27-25-23-21-19-17-15-13-11-9-7-2/h8-11,14-17,20-23,26-29,33,35,84H,6-7,12-13,18-19,24-25,30-32,34,36-83H2,1-5H3/p+1/b10-8-,11-9-,16-14-,17-15-,22-20-,23-21-,28-26-,29-27-,35-33-. The number of ether oxygens (including phenoxy) is 2. The number of carbonyl (C=O) groups excluding carboxylic acids is 2. The molecule has 96 heavy (non-hydrogen) atoms. The molecule has 0 aromatic rings. The number of rotatable bonds is 75. The highest BCUT2D eigenvalue weighted by Crippen LogP contribution is 2.43. The summed E-state index contributed by atoms with van der Waals surface area (Å²) in [5.41, 5.74) is 0. The van der Waals surface area contributed by atoms with Crippen LogP contribution >= 0.6 is 7.82 Å². The first-order valence-corrected chi connectivity index (χ1v) is 42.1. The third kappa shape index (κ3) is 79.7. The summed E-state index contributed by atoms with van der Waals surface area (Å²) in [6, 6.07) is 0. The van der Waals surface area contributed by atoms with Crippen LogP contribution in [-0.2, 0) is 32.7 Å². The lowest BCUT2D eigenvalue weighted by atomic mass is 10.0. The molecule has 0 aliphatic carbocycles. The lowest BCUT2D eigenvalue weighted by molar-refractivity contribution is -0.870. The van der Waals surface area contributed by atoms with Gasteiger partial charge >= 0.3 is 19.8 Å². The van der Waals surface area contributed by atoms with Crippen molar-refractivity contribution in [3.63, 3.8) is 0 Å². The molecule has 0 rings (SSSR count). The third-order valence-electron chi connectivity index (χ3n) is 17.8. The molecule has 10 heteroatoms. The molecule has 0 amide bonds. The summed E-state index contributed by atoms with van der Waals surface area (Å²) in [6.07, 6.45) is 108. The molecule has 0 fully saturated rings. The van der Waals surface area contributed by atoms with Crippen LogP contribution in [0.3, 0.4) is 0 Å². The Morgan fingerprint density at radius 1 is 0.323 bits per heavy atom. The van der Waals surface area contributed by atoms with Gasteiger partial charge in [0.2, 0.25) is 0 Å². The van der Waals surface area contributed by atoms with Gasteiger partial charge in [-0.15, -0.1) is 0 Å². The second kappa shape index (κ2) is 75.9. The monoisotopic (exact) mass is 1360 g/mol. The highest BCUT2D eigenvalue weighted by Gasteiger charge is 2.27.